The molecule has 128 valence electrons. The van der Waals surface area contributed by atoms with Gasteiger partial charge in [0.1, 0.15) is 0 Å². The maximum absolute atomic E-state index is 12.4. The van der Waals surface area contributed by atoms with Crippen LogP contribution in [0, 0.1) is 0 Å². The molecule has 0 fully saturated rings. The largest absolute Gasteiger partial charge is 0.414 e. The number of hydrogen-bond donors (Lipinski definition) is 1. The van der Waals surface area contributed by atoms with E-state index >= 15 is 0 Å². The van der Waals surface area contributed by atoms with Gasteiger partial charge in [-0.2, -0.15) is 13.2 Å². The summed E-state index contributed by atoms with van der Waals surface area (Å²) < 4.78 is 38.7. The van der Waals surface area contributed by atoms with Crippen molar-refractivity contribution in [3.63, 3.8) is 0 Å². The van der Waals surface area contributed by atoms with Gasteiger partial charge in [0.2, 0.25) is 5.95 Å². The Bertz CT molecular complexity index is 777. The molecule has 1 aliphatic heterocycles. The van der Waals surface area contributed by atoms with Gasteiger partial charge in [-0.05, 0) is 18.6 Å². The van der Waals surface area contributed by atoms with Gasteiger partial charge >= 0.3 is 6.18 Å². The minimum atomic E-state index is -4.65. The van der Waals surface area contributed by atoms with Crippen LogP contribution in [0.5, 0.6) is 0 Å². The van der Waals surface area contributed by atoms with Gasteiger partial charge in [-0.15, -0.1) is 0 Å². The molecule has 0 saturated heterocycles. The third kappa shape index (κ3) is 3.25. The number of aromatic nitrogens is 3. The molecule has 1 N–H and O–H groups in total. The summed E-state index contributed by atoms with van der Waals surface area (Å²) in [7, 11) is 0. The lowest BCUT2D eigenvalue weighted by Crippen LogP contribution is -2.34. The van der Waals surface area contributed by atoms with Gasteiger partial charge in [0.15, 0.2) is 6.10 Å². The molecular formula is C15H15F3N4O2. The lowest BCUT2D eigenvalue weighted by atomic mass is 10.2. The molecule has 2 aromatic heterocycles. The molecule has 0 aromatic carbocycles. The number of anilines is 1. The fraction of sp³-hybridized carbons (Fsp3) is 0.400. The van der Waals surface area contributed by atoms with E-state index in [-0.39, 0.29) is 12.1 Å². The van der Waals surface area contributed by atoms with E-state index in [0.29, 0.717) is 30.3 Å². The number of fused-ring (bicyclic) bond motifs is 1. The van der Waals surface area contributed by atoms with E-state index in [1.54, 1.807) is 29.4 Å². The summed E-state index contributed by atoms with van der Waals surface area (Å²) in [6.45, 7) is 0.708. The van der Waals surface area contributed by atoms with Crippen LogP contribution in [0.25, 0.3) is 11.3 Å². The number of hydrogen-bond acceptors (Lipinski definition) is 5. The Morgan fingerprint density at radius 1 is 1.25 bits per heavy atom. The summed E-state index contributed by atoms with van der Waals surface area (Å²) in [5, 5.41) is 9.13. The molecule has 0 radical (unpaired) electrons. The van der Waals surface area contributed by atoms with E-state index < -0.39 is 18.7 Å². The second-order valence-corrected chi connectivity index (χ2v) is 5.50. The van der Waals surface area contributed by atoms with Gasteiger partial charge in [-0.1, -0.05) is 0 Å². The third-order valence-corrected chi connectivity index (χ3v) is 3.89. The highest BCUT2D eigenvalue weighted by Crippen LogP contribution is 2.25. The topological polar surface area (TPSA) is 71.2 Å². The molecule has 9 heteroatoms. The SMILES string of the molecule is O=c1cc(-c2ccncc2)nc2n1CCN2CC[C@H](O)C(F)(F)F. The van der Waals surface area contributed by atoms with Crippen molar-refractivity contribution >= 4 is 5.95 Å². The van der Waals surface area contributed by atoms with Crippen LogP contribution in [0.1, 0.15) is 6.42 Å². The monoisotopic (exact) mass is 340 g/mol. The molecule has 0 bridgehead atoms. The van der Waals surface area contributed by atoms with Crippen molar-refractivity contribution in [2.45, 2.75) is 25.2 Å². The fourth-order valence-corrected chi connectivity index (χ4v) is 2.59. The van der Waals surface area contributed by atoms with Crippen LogP contribution in [0.2, 0.25) is 0 Å². The Hall–Kier alpha value is -2.42. The van der Waals surface area contributed by atoms with Crippen LogP contribution in [0.4, 0.5) is 19.1 Å². The standard InChI is InChI=1S/C15H15F3N4O2/c16-15(17,18)12(23)3-6-21-7-8-22-13(24)9-11(20-14(21)22)10-1-4-19-5-2-10/h1-2,4-5,9,12,23H,3,6-8H2/t12-/m0/s1. The van der Waals surface area contributed by atoms with Gasteiger partial charge in [-0.3, -0.25) is 14.3 Å². The van der Waals surface area contributed by atoms with Gasteiger partial charge in [-0.25, -0.2) is 4.98 Å². The van der Waals surface area contributed by atoms with Crippen molar-refractivity contribution in [3.05, 3.63) is 40.9 Å². The first-order chi connectivity index (χ1) is 11.4. The highest BCUT2D eigenvalue weighted by atomic mass is 19.4. The minimum Gasteiger partial charge on any atom is -0.384 e. The molecule has 1 aliphatic rings. The highest BCUT2D eigenvalue weighted by Gasteiger charge is 2.38. The van der Waals surface area contributed by atoms with Gasteiger partial charge in [0.05, 0.1) is 5.69 Å². The summed E-state index contributed by atoms with van der Waals surface area (Å²) >= 11 is 0. The average Bonchev–Trinajstić information content (AvgIpc) is 2.96. The van der Waals surface area contributed by atoms with Gasteiger partial charge < -0.3 is 10.0 Å². The molecule has 0 unspecified atom stereocenters. The number of alkyl halides is 3. The predicted molar refractivity (Wildman–Crippen MR) is 80.6 cm³/mol. The minimum absolute atomic E-state index is 0.0348. The van der Waals surface area contributed by atoms with Crippen LogP contribution < -0.4 is 10.5 Å². The first kappa shape index (κ1) is 16.4. The van der Waals surface area contributed by atoms with Crippen LogP contribution >= 0.6 is 0 Å². The molecule has 2 aromatic rings. The normalized spacial score (nSPS) is 15.4. The predicted octanol–water partition coefficient (Wildman–Crippen LogP) is 1.44. The summed E-state index contributed by atoms with van der Waals surface area (Å²) in [6, 6.07) is 4.80. The Morgan fingerprint density at radius 2 is 1.96 bits per heavy atom. The van der Waals surface area contributed by atoms with E-state index in [2.05, 4.69) is 9.97 Å². The van der Waals surface area contributed by atoms with Gasteiger partial charge in [0.25, 0.3) is 5.56 Å². The van der Waals surface area contributed by atoms with Crippen LogP contribution in [0.15, 0.2) is 35.4 Å². The first-order valence-electron chi connectivity index (χ1n) is 7.38. The Morgan fingerprint density at radius 3 is 2.62 bits per heavy atom. The van der Waals surface area contributed by atoms with Crippen LogP contribution in [-0.4, -0.2) is 45.0 Å². The molecule has 6 nitrogen and oxygen atoms in total. The second kappa shape index (κ2) is 6.23. The number of rotatable bonds is 4. The Labute approximate surface area is 135 Å². The maximum atomic E-state index is 12.4. The zero-order valence-corrected chi connectivity index (χ0v) is 12.6. The molecule has 24 heavy (non-hydrogen) atoms. The number of nitrogens with zero attached hydrogens (tertiary/aromatic N) is 4. The quantitative estimate of drug-likeness (QED) is 0.912. The van der Waals surface area contributed by atoms with Crippen LogP contribution in [-0.2, 0) is 6.54 Å². The molecule has 3 heterocycles. The van der Waals surface area contributed by atoms with E-state index in [1.807, 2.05) is 0 Å². The van der Waals surface area contributed by atoms with Crippen molar-refractivity contribution < 1.29 is 18.3 Å². The Balaban J connectivity index is 1.85. The van der Waals surface area contributed by atoms with E-state index in [0.717, 1.165) is 0 Å². The number of aliphatic hydroxyl groups excluding tert-OH is 1. The molecular weight excluding hydrogens is 325 g/mol. The summed E-state index contributed by atoms with van der Waals surface area (Å²) in [6.07, 6.45) is -4.37. The van der Waals surface area contributed by atoms with Crippen molar-refractivity contribution in [1.82, 2.24) is 14.5 Å². The molecule has 0 amide bonds. The summed E-state index contributed by atoms with van der Waals surface area (Å²) in [5.74, 6) is 0.323. The van der Waals surface area contributed by atoms with Crippen LogP contribution in [0.3, 0.4) is 0 Å². The molecule has 0 spiro atoms. The van der Waals surface area contributed by atoms with Gasteiger partial charge in [0, 0.05) is 43.7 Å². The molecule has 0 saturated carbocycles. The van der Waals surface area contributed by atoms with E-state index in [4.69, 9.17) is 5.11 Å². The smallest absolute Gasteiger partial charge is 0.384 e. The average molecular weight is 340 g/mol. The lowest BCUT2D eigenvalue weighted by Gasteiger charge is -2.20. The second-order valence-electron chi connectivity index (χ2n) is 5.50. The molecule has 1 atom stereocenters. The van der Waals surface area contributed by atoms with Crippen molar-refractivity contribution in [2.75, 3.05) is 18.0 Å². The van der Waals surface area contributed by atoms with E-state index in [9.17, 15) is 18.0 Å². The zero-order valence-electron chi connectivity index (χ0n) is 12.6. The fourth-order valence-electron chi connectivity index (χ4n) is 2.59. The third-order valence-electron chi connectivity index (χ3n) is 3.89. The first-order valence-corrected chi connectivity index (χ1v) is 7.38. The molecule has 0 aliphatic carbocycles. The number of halogens is 3. The van der Waals surface area contributed by atoms with Crippen molar-refractivity contribution in [3.8, 4) is 11.3 Å². The number of aliphatic hydroxyl groups is 1. The number of pyridine rings is 1. The molecule has 3 rings (SSSR count). The lowest BCUT2D eigenvalue weighted by molar-refractivity contribution is -0.204. The highest BCUT2D eigenvalue weighted by molar-refractivity contribution is 5.59. The summed E-state index contributed by atoms with van der Waals surface area (Å²) in [4.78, 5) is 22.1. The Kier molecular flexibility index (Phi) is 4.27. The van der Waals surface area contributed by atoms with E-state index in [1.165, 1.54) is 10.6 Å². The maximum Gasteiger partial charge on any atom is 0.414 e. The van der Waals surface area contributed by atoms with Crippen molar-refractivity contribution in [1.29, 1.82) is 0 Å². The zero-order chi connectivity index (χ0) is 17.3. The van der Waals surface area contributed by atoms with Crippen molar-refractivity contribution in [2.24, 2.45) is 0 Å². The summed E-state index contributed by atoms with van der Waals surface area (Å²) in [5.41, 5.74) is 0.885.